The molecule has 0 radical (unpaired) electrons. The number of fused-ring (bicyclic) bond motifs is 1. The molecule has 0 fully saturated rings. The molecule has 0 spiro atoms. The van der Waals surface area contributed by atoms with Crippen LogP contribution >= 0.6 is 11.3 Å². The molecule has 3 rings (SSSR count). The highest BCUT2D eigenvalue weighted by Gasteiger charge is 2.34. The fourth-order valence-corrected chi connectivity index (χ4v) is 4.02. The average molecular weight is 385 g/mol. The van der Waals surface area contributed by atoms with Gasteiger partial charge in [0, 0.05) is 12.0 Å². The summed E-state index contributed by atoms with van der Waals surface area (Å²) in [4.78, 5) is 41.6. The van der Waals surface area contributed by atoms with E-state index in [2.05, 4.69) is 15.6 Å². The van der Waals surface area contributed by atoms with Gasteiger partial charge in [-0.2, -0.15) is 0 Å². The van der Waals surface area contributed by atoms with Gasteiger partial charge in [0.15, 0.2) is 10.9 Å². The Bertz CT molecular complexity index is 931. The maximum absolute atomic E-state index is 12.2. The molecule has 2 amide bonds. The number of aromatic nitrogens is 1. The number of hydrogen-bond donors (Lipinski definition) is 2. The highest BCUT2D eigenvalue weighted by molar-refractivity contribution is 7.17. The van der Waals surface area contributed by atoms with Crippen LogP contribution in [0.5, 0.6) is 0 Å². The van der Waals surface area contributed by atoms with E-state index in [1.807, 2.05) is 33.8 Å². The van der Waals surface area contributed by atoms with E-state index in [9.17, 15) is 14.4 Å². The molecular formula is C20H23N3O3S. The molecule has 1 aliphatic rings. The van der Waals surface area contributed by atoms with Gasteiger partial charge in [0.1, 0.15) is 0 Å². The van der Waals surface area contributed by atoms with Gasteiger partial charge < -0.3 is 10.6 Å². The summed E-state index contributed by atoms with van der Waals surface area (Å²) in [5.74, 6) is -0.601. The van der Waals surface area contributed by atoms with Crippen LogP contribution in [-0.2, 0) is 11.2 Å². The van der Waals surface area contributed by atoms with Crippen LogP contribution < -0.4 is 10.6 Å². The Morgan fingerprint density at radius 2 is 1.93 bits per heavy atom. The quantitative estimate of drug-likeness (QED) is 0.845. The van der Waals surface area contributed by atoms with Crippen LogP contribution in [-0.4, -0.2) is 29.1 Å². The number of rotatable bonds is 4. The molecule has 2 aromatic rings. The zero-order valence-electron chi connectivity index (χ0n) is 15.9. The van der Waals surface area contributed by atoms with Crippen molar-refractivity contribution in [3.63, 3.8) is 0 Å². The lowest BCUT2D eigenvalue weighted by Gasteiger charge is -2.26. The van der Waals surface area contributed by atoms with Crippen molar-refractivity contribution < 1.29 is 14.4 Å². The Balaban J connectivity index is 1.59. The van der Waals surface area contributed by atoms with Gasteiger partial charge >= 0.3 is 0 Å². The molecule has 142 valence electrons. The summed E-state index contributed by atoms with van der Waals surface area (Å²) in [6.07, 6.45) is 1.20. The Morgan fingerprint density at radius 1 is 1.19 bits per heavy atom. The molecule has 0 bridgehead atoms. The van der Waals surface area contributed by atoms with E-state index in [-0.39, 0.29) is 29.6 Å². The molecule has 2 N–H and O–H groups in total. The molecule has 0 saturated heterocycles. The number of hydrogen-bond acceptors (Lipinski definition) is 5. The molecule has 1 aromatic carbocycles. The van der Waals surface area contributed by atoms with E-state index < -0.39 is 0 Å². The predicted molar refractivity (Wildman–Crippen MR) is 105 cm³/mol. The number of amides is 2. The van der Waals surface area contributed by atoms with Crippen molar-refractivity contribution in [1.29, 1.82) is 0 Å². The van der Waals surface area contributed by atoms with E-state index >= 15 is 0 Å². The number of Topliss-reactive ketones (excluding diaryl/α,β-unsaturated/α-hetero) is 1. The molecule has 0 aliphatic heterocycles. The van der Waals surface area contributed by atoms with Crippen LogP contribution in [0.1, 0.15) is 57.1 Å². The maximum atomic E-state index is 12.2. The molecule has 0 saturated carbocycles. The van der Waals surface area contributed by atoms with Crippen molar-refractivity contribution in [2.75, 3.05) is 11.9 Å². The lowest BCUT2D eigenvalue weighted by Crippen LogP contribution is -2.32. The fourth-order valence-electron chi connectivity index (χ4n) is 3.08. The smallest absolute Gasteiger partial charge is 0.251 e. The monoisotopic (exact) mass is 385 g/mol. The van der Waals surface area contributed by atoms with Crippen molar-refractivity contribution in [2.24, 2.45) is 5.41 Å². The normalized spacial score (nSPS) is 15.2. The summed E-state index contributed by atoms with van der Waals surface area (Å²) < 4.78 is 0. The van der Waals surface area contributed by atoms with Crippen LogP contribution in [0.4, 0.5) is 5.13 Å². The minimum Gasteiger partial charge on any atom is -0.343 e. The summed E-state index contributed by atoms with van der Waals surface area (Å²) in [5.41, 5.74) is 3.28. The topological polar surface area (TPSA) is 88.2 Å². The Hall–Kier alpha value is -2.54. The maximum Gasteiger partial charge on any atom is 0.251 e. The zero-order chi connectivity index (χ0) is 19.8. The Morgan fingerprint density at radius 3 is 2.63 bits per heavy atom. The van der Waals surface area contributed by atoms with E-state index in [1.165, 1.54) is 11.3 Å². The highest BCUT2D eigenvalue weighted by atomic mass is 32.1. The standard InChI is InChI=1S/C20H23N3O3S/c1-11-5-6-13(7-12(11)2)18(26)21-10-16(25)23-19-22-14-8-20(3,4)9-15(24)17(14)27-19/h5-7H,8-10H2,1-4H3,(H,21,26)(H,22,23,25). The van der Waals surface area contributed by atoms with Gasteiger partial charge in [-0.15, -0.1) is 0 Å². The van der Waals surface area contributed by atoms with E-state index in [4.69, 9.17) is 0 Å². The van der Waals surface area contributed by atoms with Gasteiger partial charge in [0.2, 0.25) is 5.91 Å². The number of ketones is 1. The molecular weight excluding hydrogens is 362 g/mol. The third kappa shape index (κ3) is 4.42. The van der Waals surface area contributed by atoms with Crippen molar-refractivity contribution in [3.8, 4) is 0 Å². The number of carbonyl (C=O) groups excluding carboxylic acids is 3. The Labute approximate surface area is 162 Å². The lowest BCUT2D eigenvalue weighted by molar-refractivity contribution is -0.115. The van der Waals surface area contributed by atoms with Crippen LogP contribution in [0.15, 0.2) is 18.2 Å². The summed E-state index contributed by atoms with van der Waals surface area (Å²) in [6.45, 7) is 7.83. The summed E-state index contributed by atoms with van der Waals surface area (Å²) in [7, 11) is 0. The van der Waals surface area contributed by atoms with Crippen LogP contribution in [0.2, 0.25) is 0 Å². The number of nitrogens with zero attached hydrogens (tertiary/aromatic N) is 1. The fraction of sp³-hybridized carbons (Fsp3) is 0.400. The average Bonchev–Trinajstić information content (AvgIpc) is 2.96. The second kappa shape index (κ2) is 7.23. The number of benzene rings is 1. The predicted octanol–water partition coefficient (Wildman–Crippen LogP) is 3.28. The summed E-state index contributed by atoms with van der Waals surface area (Å²) >= 11 is 1.20. The lowest BCUT2D eigenvalue weighted by atomic mass is 9.78. The van der Waals surface area contributed by atoms with E-state index in [1.54, 1.807) is 12.1 Å². The first-order valence-corrected chi connectivity index (χ1v) is 9.64. The minimum absolute atomic E-state index is 0.0716. The van der Waals surface area contributed by atoms with Crippen molar-refractivity contribution in [2.45, 2.75) is 40.5 Å². The number of carbonyl (C=O) groups is 3. The molecule has 1 aromatic heterocycles. The molecule has 1 aliphatic carbocycles. The van der Waals surface area contributed by atoms with Crippen LogP contribution in [0, 0.1) is 19.3 Å². The SMILES string of the molecule is Cc1ccc(C(=O)NCC(=O)Nc2nc3c(s2)C(=O)CC(C)(C)C3)cc1C. The molecule has 27 heavy (non-hydrogen) atoms. The molecule has 1 heterocycles. The van der Waals surface area contributed by atoms with Crippen LogP contribution in [0.25, 0.3) is 0 Å². The first-order chi connectivity index (χ1) is 12.6. The van der Waals surface area contributed by atoms with Crippen LogP contribution in [0.3, 0.4) is 0 Å². The van der Waals surface area contributed by atoms with Gasteiger partial charge in [-0.3, -0.25) is 14.4 Å². The highest BCUT2D eigenvalue weighted by Crippen LogP contribution is 2.38. The minimum atomic E-state index is -0.370. The number of anilines is 1. The number of aryl methyl sites for hydroxylation is 2. The number of nitrogens with one attached hydrogen (secondary N) is 2. The first-order valence-electron chi connectivity index (χ1n) is 8.83. The molecule has 0 atom stereocenters. The first kappa shape index (κ1) is 19.2. The second-order valence-electron chi connectivity index (χ2n) is 7.77. The second-order valence-corrected chi connectivity index (χ2v) is 8.76. The van der Waals surface area contributed by atoms with Gasteiger partial charge in [-0.05, 0) is 48.9 Å². The van der Waals surface area contributed by atoms with E-state index in [0.717, 1.165) is 16.8 Å². The number of thiazole rings is 1. The third-order valence-electron chi connectivity index (χ3n) is 4.66. The van der Waals surface area contributed by atoms with Crippen molar-refractivity contribution in [3.05, 3.63) is 45.5 Å². The largest absolute Gasteiger partial charge is 0.343 e. The van der Waals surface area contributed by atoms with Crippen molar-refractivity contribution >= 4 is 34.1 Å². The van der Waals surface area contributed by atoms with Gasteiger partial charge in [0.05, 0.1) is 17.1 Å². The summed E-state index contributed by atoms with van der Waals surface area (Å²) in [6, 6.07) is 5.41. The molecule has 7 heteroatoms. The van der Waals surface area contributed by atoms with Gasteiger partial charge in [-0.1, -0.05) is 31.3 Å². The third-order valence-corrected chi connectivity index (χ3v) is 5.71. The molecule has 6 nitrogen and oxygen atoms in total. The van der Waals surface area contributed by atoms with Gasteiger partial charge in [0.25, 0.3) is 5.91 Å². The van der Waals surface area contributed by atoms with E-state index in [0.29, 0.717) is 28.4 Å². The van der Waals surface area contributed by atoms with Gasteiger partial charge in [-0.25, -0.2) is 4.98 Å². The van der Waals surface area contributed by atoms with Crippen molar-refractivity contribution in [1.82, 2.24) is 10.3 Å². The Kier molecular flexibility index (Phi) is 5.15. The molecule has 0 unspecified atom stereocenters. The summed E-state index contributed by atoms with van der Waals surface area (Å²) in [5, 5.41) is 5.68. The zero-order valence-corrected chi connectivity index (χ0v) is 16.8.